The van der Waals surface area contributed by atoms with E-state index in [0.29, 0.717) is 55.6 Å². The summed E-state index contributed by atoms with van der Waals surface area (Å²) in [6, 6.07) is 11.7. The Bertz CT molecular complexity index is 2370. The van der Waals surface area contributed by atoms with Crippen LogP contribution in [0.3, 0.4) is 0 Å². The molecule has 3 aromatic rings. The SMILES string of the molecule is CCC12C[N@@+]34CCc5c([nH]c6ccccc56)[C@](c5cc6c(cc5OC)N(C)[C@H]5[C@@](O)(C(=O)OC)[C@H](OC(C)=O)[C@]7(CC)C=CCN8CC[C@]65[C@@H]87)(C[C@@H](C3)[C@H]1O)C4(OC)O2. The molecular weight excluding hydrogens is 753 g/mol. The summed E-state index contributed by atoms with van der Waals surface area (Å²) in [5.74, 6) is -2.14. The van der Waals surface area contributed by atoms with Crippen molar-refractivity contribution in [2.75, 3.05) is 66.0 Å². The van der Waals surface area contributed by atoms with Gasteiger partial charge in [-0.1, -0.05) is 44.2 Å². The van der Waals surface area contributed by atoms with Crippen LogP contribution in [0.5, 0.6) is 5.75 Å². The molecule has 13 nitrogen and oxygen atoms in total. The number of hydrogen-bond acceptors (Lipinski definition) is 11. The molecule has 12 atom stereocenters. The van der Waals surface area contributed by atoms with Crippen molar-refractivity contribution in [3.8, 4) is 5.75 Å². The van der Waals surface area contributed by atoms with E-state index >= 15 is 0 Å². The number of nitrogens with one attached hydrogen (secondary N) is 1. The summed E-state index contributed by atoms with van der Waals surface area (Å²) in [4.78, 5) is 36.0. The van der Waals surface area contributed by atoms with Gasteiger partial charge in [0.05, 0.1) is 39.5 Å². The first-order valence-electron chi connectivity index (χ1n) is 21.5. The number of methoxy groups -OCH3 is 3. The number of esters is 2. The standard InChI is InChI=1S/C46H57N4O9/c1-8-41-16-12-18-49-19-17-43(37(41)49)30-21-31(34(55-5)22-33(30)48(4)38(43)45(54,40(53)56-6)39(41)58-26(3)51)44-23-27-24-50(25-42(9-2,36(27)52)59-46(44,50)57-7)20-15-29-28-13-10-11-14-32(28)47-35(29)44/h10-14,16,21-22,27,36-39,47,52,54H,8-9,15,17-20,23-25H2,1-7H3/q+1/t27-,36+,37-,38+,39+,41+,42?,43+,44+,45-,46?,50+/m0/s1. The Labute approximate surface area is 344 Å². The van der Waals surface area contributed by atoms with Crippen molar-refractivity contribution in [3.05, 3.63) is 70.9 Å². The maximum absolute atomic E-state index is 14.5. The molecule has 1 aliphatic carbocycles. The second kappa shape index (κ2) is 11.9. The molecule has 3 N–H and O–H groups in total. The highest BCUT2D eigenvalue weighted by Crippen LogP contribution is 2.72. The molecule has 13 heteroatoms. The number of H-pyrrole nitrogens is 1. The van der Waals surface area contributed by atoms with Gasteiger partial charge in [-0.15, -0.1) is 0 Å². The number of carbonyl (C=O) groups is 2. The van der Waals surface area contributed by atoms with Crippen LogP contribution in [0.25, 0.3) is 10.9 Å². The van der Waals surface area contributed by atoms with Crippen LogP contribution in [-0.2, 0) is 45.8 Å². The topological polar surface area (TPSA) is 143 Å². The van der Waals surface area contributed by atoms with Gasteiger partial charge in [0, 0.05) is 90.8 Å². The van der Waals surface area contributed by atoms with Gasteiger partial charge in [0.2, 0.25) is 5.60 Å². The Kier molecular flexibility index (Phi) is 7.65. The number of quaternary nitrogens is 1. The number of piperidine rings is 2. The van der Waals surface area contributed by atoms with Gasteiger partial charge in [-0.05, 0) is 55.5 Å². The molecule has 314 valence electrons. The lowest BCUT2D eigenvalue weighted by Gasteiger charge is -2.63. The van der Waals surface area contributed by atoms with Crippen LogP contribution in [0.1, 0.15) is 68.8 Å². The summed E-state index contributed by atoms with van der Waals surface area (Å²) in [6.07, 6.45) is 5.38. The van der Waals surface area contributed by atoms with Gasteiger partial charge in [-0.3, -0.25) is 18.9 Å². The summed E-state index contributed by atoms with van der Waals surface area (Å²) in [7, 11) is 6.67. The van der Waals surface area contributed by atoms with E-state index in [-0.39, 0.29) is 12.0 Å². The zero-order valence-corrected chi connectivity index (χ0v) is 35.2. The van der Waals surface area contributed by atoms with E-state index in [2.05, 4.69) is 72.3 Å². The Morgan fingerprint density at radius 3 is 2.59 bits per heavy atom. The fourth-order valence-electron chi connectivity index (χ4n) is 15.6. The van der Waals surface area contributed by atoms with Crippen molar-refractivity contribution < 1.29 is 48.0 Å². The van der Waals surface area contributed by atoms with E-state index in [0.717, 1.165) is 52.9 Å². The molecule has 7 aliphatic heterocycles. The predicted molar refractivity (Wildman–Crippen MR) is 217 cm³/mol. The van der Waals surface area contributed by atoms with Crippen molar-refractivity contribution in [1.29, 1.82) is 0 Å². The van der Waals surface area contributed by atoms with Crippen molar-refractivity contribution >= 4 is 28.5 Å². The third-order valence-electron chi connectivity index (χ3n) is 17.3. The number of nitrogens with zero attached hydrogens (tertiary/aromatic N) is 3. The maximum atomic E-state index is 14.5. The summed E-state index contributed by atoms with van der Waals surface area (Å²) in [6.45, 7) is 9.04. The van der Waals surface area contributed by atoms with E-state index in [1.165, 1.54) is 19.6 Å². The monoisotopic (exact) mass is 809 g/mol. The number of likely N-dealkylation sites (N-methyl/N-ethyl adjacent to an activating group) is 1. The van der Waals surface area contributed by atoms with Crippen LogP contribution >= 0.6 is 0 Å². The Morgan fingerprint density at radius 1 is 1.08 bits per heavy atom. The van der Waals surface area contributed by atoms with Crippen molar-refractivity contribution in [2.24, 2.45) is 11.3 Å². The van der Waals surface area contributed by atoms with Gasteiger partial charge in [-0.2, -0.15) is 0 Å². The van der Waals surface area contributed by atoms with Crippen LogP contribution in [0, 0.1) is 11.3 Å². The average Bonchev–Trinajstić information content (AvgIpc) is 3.95. The van der Waals surface area contributed by atoms with Crippen LogP contribution < -0.4 is 9.64 Å². The van der Waals surface area contributed by atoms with E-state index in [1.807, 2.05) is 11.9 Å². The molecule has 2 aromatic carbocycles. The number of carbonyl (C=O) groups excluding carboxylic acids is 2. The van der Waals surface area contributed by atoms with Crippen LogP contribution in [0.2, 0.25) is 0 Å². The number of ether oxygens (including phenoxy) is 5. The van der Waals surface area contributed by atoms with Gasteiger partial charge in [0.25, 0.3) is 0 Å². The lowest BCUT2D eigenvalue weighted by atomic mass is 9.47. The number of benzene rings is 2. The fraction of sp³-hybridized carbons (Fsp3) is 0.609. The highest BCUT2D eigenvalue weighted by atomic mass is 16.8. The molecule has 5 fully saturated rings. The minimum atomic E-state index is -2.26. The number of fused-ring (bicyclic) bond motifs is 7. The molecule has 4 saturated heterocycles. The minimum absolute atomic E-state index is 0.111. The Morgan fingerprint density at radius 2 is 1.88 bits per heavy atom. The van der Waals surface area contributed by atoms with Crippen molar-refractivity contribution in [2.45, 2.75) is 105 Å². The lowest BCUT2D eigenvalue weighted by Crippen LogP contribution is -2.81. The van der Waals surface area contributed by atoms with E-state index in [1.54, 1.807) is 14.2 Å². The van der Waals surface area contributed by atoms with Gasteiger partial charge < -0.3 is 39.0 Å². The predicted octanol–water partition coefficient (Wildman–Crippen LogP) is 3.66. The largest absolute Gasteiger partial charge is 0.496 e. The number of aliphatic hydroxyl groups excluding tert-OH is 1. The second-order valence-electron chi connectivity index (χ2n) is 19.0. The molecule has 8 heterocycles. The number of aromatic nitrogens is 1. The number of para-hydroxylation sites is 1. The summed E-state index contributed by atoms with van der Waals surface area (Å²) in [5, 5.41) is 27.0. The number of hydrogen-bond donors (Lipinski definition) is 3. The van der Waals surface area contributed by atoms with Gasteiger partial charge >= 0.3 is 17.8 Å². The summed E-state index contributed by atoms with van der Waals surface area (Å²) >= 11 is 0. The minimum Gasteiger partial charge on any atom is -0.496 e. The molecule has 59 heavy (non-hydrogen) atoms. The van der Waals surface area contributed by atoms with Crippen molar-refractivity contribution in [3.63, 3.8) is 0 Å². The molecule has 2 spiro atoms. The zero-order chi connectivity index (χ0) is 41.3. The third-order valence-corrected chi connectivity index (χ3v) is 17.3. The maximum Gasteiger partial charge on any atom is 0.344 e. The van der Waals surface area contributed by atoms with E-state index < -0.39 is 63.5 Å². The van der Waals surface area contributed by atoms with E-state index in [9.17, 15) is 19.8 Å². The molecule has 4 bridgehead atoms. The van der Waals surface area contributed by atoms with Crippen molar-refractivity contribution in [1.82, 2.24) is 9.88 Å². The number of rotatable bonds is 7. The highest BCUT2D eigenvalue weighted by molar-refractivity contribution is 5.88. The molecule has 8 aliphatic rings. The second-order valence-corrected chi connectivity index (χ2v) is 19.0. The first-order chi connectivity index (χ1) is 28.3. The van der Waals surface area contributed by atoms with Crippen LogP contribution in [0.4, 0.5) is 5.69 Å². The van der Waals surface area contributed by atoms with Gasteiger partial charge in [0.15, 0.2) is 17.1 Å². The van der Waals surface area contributed by atoms with Crippen LogP contribution in [0.15, 0.2) is 48.6 Å². The molecule has 0 amide bonds. The van der Waals surface area contributed by atoms with E-state index in [4.69, 9.17) is 23.7 Å². The fourth-order valence-corrected chi connectivity index (χ4v) is 15.6. The molecule has 2 unspecified atom stereocenters. The van der Waals surface area contributed by atoms with Crippen LogP contribution in [-0.4, -0.2) is 139 Å². The number of aliphatic hydroxyl groups is 2. The smallest absolute Gasteiger partial charge is 0.344 e. The normalized spacial score (nSPS) is 43.2. The molecule has 1 saturated carbocycles. The number of aromatic amines is 1. The Hall–Kier alpha value is -3.98. The quantitative estimate of drug-likeness (QED) is 0.183. The molecule has 1 aromatic heterocycles. The van der Waals surface area contributed by atoms with Gasteiger partial charge in [0.1, 0.15) is 12.3 Å². The summed E-state index contributed by atoms with van der Waals surface area (Å²) in [5.41, 5.74) is 0.154. The molecular formula is C46H57N4O9+. The Balaban J connectivity index is 1.25. The third kappa shape index (κ3) is 3.92. The molecule has 0 radical (unpaired) electrons. The average molecular weight is 810 g/mol. The highest BCUT2D eigenvalue weighted by Gasteiger charge is 2.86. The zero-order valence-electron chi connectivity index (χ0n) is 35.2. The first kappa shape index (κ1) is 38.0. The summed E-state index contributed by atoms with van der Waals surface area (Å²) < 4.78 is 33.5. The van der Waals surface area contributed by atoms with Gasteiger partial charge in [-0.25, -0.2) is 4.79 Å². The number of anilines is 1. The lowest BCUT2D eigenvalue weighted by molar-refractivity contribution is -1.02. The first-order valence-corrected chi connectivity index (χ1v) is 21.5. The molecule has 11 rings (SSSR count).